The van der Waals surface area contributed by atoms with Crippen molar-refractivity contribution >= 4 is 35.0 Å². The summed E-state index contributed by atoms with van der Waals surface area (Å²) in [4.78, 5) is 26.8. The molecule has 1 unspecified atom stereocenters. The number of nitrogens with zero attached hydrogens (tertiary/aromatic N) is 1. The molecule has 2 rings (SSSR count). The molecule has 2 aromatic carbocycles. The highest BCUT2D eigenvalue weighted by Gasteiger charge is 2.26. The van der Waals surface area contributed by atoms with Crippen LogP contribution in [0.3, 0.4) is 0 Å². The van der Waals surface area contributed by atoms with Crippen molar-refractivity contribution in [2.75, 3.05) is 13.2 Å². The van der Waals surface area contributed by atoms with Gasteiger partial charge >= 0.3 is 0 Å². The normalized spacial score (nSPS) is 11.7. The van der Waals surface area contributed by atoms with Gasteiger partial charge in [-0.2, -0.15) is 0 Å². The predicted octanol–water partition coefficient (Wildman–Crippen LogP) is 4.54. The number of hydrogen-bond acceptors (Lipinski definition) is 3. The van der Waals surface area contributed by atoms with E-state index in [1.54, 1.807) is 25.1 Å². The van der Waals surface area contributed by atoms with E-state index in [2.05, 4.69) is 5.32 Å². The van der Waals surface area contributed by atoms with E-state index in [-0.39, 0.29) is 25.0 Å². The Bertz CT molecular complexity index is 886. The van der Waals surface area contributed by atoms with E-state index in [9.17, 15) is 9.59 Å². The van der Waals surface area contributed by atoms with Crippen LogP contribution in [0.1, 0.15) is 30.5 Å². The van der Waals surface area contributed by atoms with Crippen molar-refractivity contribution < 1.29 is 14.3 Å². The fraction of sp³-hybridized carbons (Fsp3) is 0.364. The van der Waals surface area contributed by atoms with E-state index in [1.807, 2.05) is 39.0 Å². The first kappa shape index (κ1) is 23.0. The van der Waals surface area contributed by atoms with Gasteiger partial charge in [0.05, 0.1) is 10.0 Å². The topological polar surface area (TPSA) is 58.6 Å². The smallest absolute Gasteiger partial charge is 0.261 e. The number of rotatable bonds is 8. The molecule has 0 aliphatic rings. The molecular formula is C22H26Cl2N2O3. The van der Waals surface area contributed by atoms with Crippen LogP contribution < -0.4 is 10.1 Å². The van der Waals surface area contributed by atoms with Gasteiger partial charge in [-0.15, -0.1) is 0 Å². The van der Waals surface area contributed by atoms with Crippen LogP contribution in [0.15, 0.2) is 36.4 Å². The molecule has 0 aliphatic heterocycles. The van der Waals surface area contributed by atoms with Gasteiger partial charge in [0.25, 0.3) is 5.91 Å². The van der Waals surface area contributed by atoms with E-state index in [0.717, 1.165) is 16.7 Å². The Kier molecular flexibility index (Phi) is 8.35. The number of nitrogens with one attached hydrogen (secondary N) is 1. The Labute approximate surface area is 181 Å². The SMILES string of the molecule is CCNC(=O)C(C)N(Cc1ccc(Cl)c(Cl)c1)C(=O)COc1ccc(C)cc1C. The average Bonchev–Trinajstić information content (AvgIpc) is 2.67. The zero-order valence-electron chi connectivity index (χ0n) is 17.1. The van der Waals surface area contributed by atoms with Gasteiger partial charge in [0, 0.05) is 13.1 Å². The number of amides is 2. The minimum absolute atomic E-state index is 0.172. The summed E-state index contributed by atoms with van der Waals surface area (Å²) in [5.41, 5.74) is 2.84. The van der Waals surface area contributed by atoms with Crippen LogP contribution in [0.4, 0.5) is 0 Å². The van der Waals surface area contributed by atoms with E-state index in [4.69, 9.17) is 27.9 Å². The van der Waals surface area contributed by atoms with E-state index < -0.39 is 6.04 Å². The first-order chi connectivity index (χ1) is 13.7. The van der Waals surface area contributed by atoms with Crippen LogP contribution in [0.25, 0.3) is 0 Å². The largest absolute Gasteiger partial charge is 0.483 e. The Balaban J connectivity index is 2.19. The summed E-state index contributed by atoms with van der Waals surface area (Å²) in [6, 6.07) is 10.2. The molecule has 7 heteroatoms. The third-order valence-corrected chi connectivity index (χ3v) is 5.28. The lowest BCUT2D eigenvalue weighted by Crippen LogP contribution is -2.49. The number of hydrogen-bond donors (Lipinski definition) is 1. The van der Waals surface area contributed by atoms with Gasteiger partial charge in [0.1, 0.15) is 11.8 Å². The molecule has 1 atom stereocenters. The van der Waals surface area contributed by atoms with Crippen LogP contribution >= 0.6 is 23.2 Å². The van der Waals surface area contributed by atoms with Crippen molar-refractivity contribution in [3.8, 4) is 5.75 Å². The van der Waals surface area contributed by atoms with Gasteiger partial charge in [0.2, 0.25) is 5.91 Å². The van der Waals surface area contributed by atoms with Gasteiger partial charge in [-0.1, -0.05) is 47.0 Å². The molecule has 156 valence electrons. The maximum Gasteiger partial charge on any atom is 0.261 e. The number of halogens is 2. The van der Waals surface area contributed by atoms with Crippen molar-refractivity contribution in [2.24, 2.45) is 0 Å². The Hall–Kier alpha value is -2.24. The van der Waals surface area contributed by atoms with Gasteiger partial charge in [-0.25, -0.2) is 0 Å². The average molecular weight is 437 g/mol. The Morgan fingerprint density at radius 1 is 1.10 bits per heavy atom. The van der Waals surface area contributed by atoms with Crippen molar-refractivity contribution in [1.82, 2.24) is 10.2 Å². The van der Waals surface area contributed by atoms with Crippen molar-refractivity contribution in [1.29, 1.82) is 0 Å². The molecular weight excluding hydrogens is 411 g/mol. The lowest BCUT2D eigenvalue weighted by atomic mass is 10.1. The second kappa shape index (κ2) is 10.5. The van der Waals surface area contributed by atoms with Gasteiger partial charge in [-0.05, 0) is 57.0 Å². The second-order valence-corrected chi connectivity index (χ2v) is 7.71. The van der Waals surface area contributed by atoms with E-state index in [1.165, 1.54) is 4.90 Å². The van der Waals surface area contributed by atoms with Gasteiger partial charge < -0.3 is 15.0 Å². The summed E-state index contributed by atoms with van der Waals surface area (Å²) in [6.07, 6.45) is 0. The van der Waals surface area contributed by atoms with Gasteiger partial charge in [-0.3, -0.25) is 9.59 Å². The quantitative estimate of drug-likeness (QED) is 0.660. The van der Waals surface area contributed by atoms with Crippen LogP contribution in [-0.2, 0) is 16.1 Å². The maximum atomic E-state index is 13.0. The predicted molar refractivity (Wildman–Crippen MR) is 117 cm³/mol. The standard InChI is InChI=1S/C22H26Cl2N2O3/c1-5-25-22(28)16(4)26(12-17-7-8-18(23)19(24)11-17)21(27)13-29-20-9-6-14(2)10-15(20)3/h6-11,16H,5,12-13H2,1-4H3,(H,25,28). The molecule has 0 aromatic heterocycles. The Morgan fingerprint density at radius 2 is 1.83 bits per heavy atom. The summed E-state index contributed by atoms with van der Waals surface area (Å²) in [6.45, 7) is 7.97. The summed E-state index contributed by atoms with van der Waals surface area (Å²) >= 11 is 12.1. The molecule has 0 saturated heterocycles. The summed E-state index contributed by atoms with van der Waals surface area (Å²) < 4.78 is 5.73. The summed E-state index contributed by atoms with van der Waals surface area (Å²) in [5.74, 6) is 0.117. The first-order valence-electron chi connectivity index (χ1n) is 9.44. The fourth-order valence-electron chi connectivity index (χ4n) is 2.92. The number of aryl methyl sites for hydroxylation is 2. The molecule has 2 aromatic rings. The van der Waals surface area contributed by atoms with Crippen molar-refractivity contribution in [2.45, 2.75) is 40.3 Å². The zero-order valence-corrected chi connectivity index (χ0v) is 18.6. The minimum atomic E-state index is -0.667. The lowest BCUT2D eigenvalue weighted by Gasteiger charge is -2.28. The third kappa shape index (κ3) is 6.38. The molecule has 0 bridgehead atoms. The number of benzene rings is 2. The molecule has 5 nitrogen and oxygen atoms in total. The van der Waals surface area contributed by atoms with Crippen molar-refractivity contribution in [3.05, 3.63) is 63.1 Å². The summed E-state index contributed by atoms with van der Waals surface area (Å²) in [7, 11) is 0. The third-order valence-electron chi connectivity index (χ3n) is 4.54. The Morgan fingerprint density at radius 3 is 2.45 bits per heavy atom. The summed E-state index contributed by atoms with van der Waals surface area (Å²) in [5, 5.41) is 3.59. The molecule has 0 radical (unpaired) electrons. The minimum Gasteiger partial charge on any atom is -0.483 e. The van der Waals surface area contributed by atoms with E-state index in [0.29, 0.717) is 22.3 Å². The maximum absolute atomic E-state index is 13.0. The number of carbonyl (C=O) groups is 2. The second-order valence-electron chi connectivity index (χ2n) is 6.90. The molecule has 0 aliphatic carbocycles. The highest BCUT2D eigenvalue weighted by atomic mass is 35.5. The zero-order chi connectivity index (χ0) is 21.6. The molecule has 2 amide bonds. The molecule has 29 heavy (non-hydrogen) atoms. The highest BCUT2D eigenvalue weighted by molar-refractivity contribution is 6.42. The molecule has 1 N–H and O–H groups in total. The van der Waals surface area contributed by atoms with Crippen LogP contribution in [0.2, 0.25) is 10.0 Å². The highest BCUT2D eigenvalue weighted by Crippen LogP contribution is 2.24. The van der Waals surface area contributed by atoms with E-state index >= 15 is 0 Å². The molecule has 0 fully saturated rings. The van der Waals surface area contributed by atoms with Crippen LogP contribution in [0, 0.1) is 13.8 Å². The molecule has 0 heterocycles. The monoisotopic (exact) mass is 436 g/mol. The fourth-order valence-corrected chi connectivity index (χ4v) is 3.24. The number of carbonyl (C=O) groups excluding carboxylic acids is 2. The van der Waals surface area contributed by atoms with Crippen LogP contribution in [-0.4, -0.2) is 35.9 Å². The number of ether oxygens (including phenoxy) is 1. The number of likely N-dealkylation sites (N-methyl/N-ethyl adjacent to an activating group) is 1. The van der Waals surface area contributed by atoms with Gasteiger partial charge in [0.15, 0.2) is 6.61 Å². The first-order valence-corrected chi connectivity index (χ1v) is 10.2. The molecule has 0 spiro atoms. The molecule has 0 saturated carbocycles. The lowest BCUT2D eigenvalue weighted by molar-refractivity contribution is -0.142. The van der Waals surface area contributed by atoms with Crippen LogP contribution in [0.5, 0.6) is 5.75 Å². The van der Waals surface area contributed by atoms with Crippen molar-refractivity contribution in [3.63, 3.8) is 0 Å².